The average Bonchev–Trinajstić information content (AvgIpc) is 2.61. The topological polar surface area (TPSA) is 56.3 Å². The lowest BCUT2D eigenvalue weighted by molar-refractivity contribution is -0.138. The lowest BCUT2D eigenvalue weighted by Gasteiger charge is -2.29. The van der Waals surface area contributed by atoms with Gasteiger partial charge in [0.15, 0.2) is 9.84 Å². The molecule has 0 aliphatic carbocycles. The number of alkyl halides is 3. The van der Waals surface area contributed by atoms with Crippen LogP contribution in [0.5, 0.6) is 0 Å². The Hall–Kier alpha value is -1.93. The summed E-state index contributed by atoms with van der Waals surface area (Å²) in [7, 11) is -3.59. The van der Waals surface area contributed by atoms with Gasteiger partial charge in [-0.2, -0.15) is 13.2 Å². The number of nitrogens with zero attached hydrogens (tertiary/aromatic N) is 1. The Labute approximate surface area is 149 Å². The third kappa shape index (κ3) is 3.91. The second-order valence-electron chi connectivity index (χ2n) is 6.37. The number of rotatable bonds is 3. The molecule has 140 valence electrons. The molecule has 1 aliphatic heterocycles. The van der Waals surface area contributed by atoms with Crippen LogP contribution in [0.4, 0.5) is 13.2 Å². The van der Waals surface area contributed by atoms with Crippen LogP contribution >= 0.6 is 0 Å². The number of aryl methyl sites for hydroxylation is 1. The minimum Gasteiger partial charge on any atom is -0.373 e. The van der Waals surface area contributed by atoms with Crippen LogP contribution in [0.3, 0.4) is 0 Å². The van der Waals surface area contributed by atoms with E-state index in [0.29, 0.717) is 6.42 Å². The van der Waals surface area contributed by atoms with E-state index in [2.05, 4.69) is 4.98 Å². The number of sulfone groups is 1. The number of benzene rings is 1. The van der Waals surface area contributed by atoms with Crippen molar-refractivity contribution in [2.45, 2.75) is 42.2 Å². The second-order valence-corrected chi connectivity index (χ2v) is 8.60. The molecule has 1 saturated heterocycles. The average molecular weight is 385 g/mol. The molecule has 0 radical (unpaired) electrons. The zero-order chi connectivity index (χ0) is 18.9. The first-order chi connectivity index (χ1) is 12.2. The standard InChI is InChI=1S/C18H18F3NO3S/c1-12-3-2-4-15(7-12)26(23,24)16-5-6-25-17(9-16)13-8-14(11-22-10-13)18(19,20)21/h2-4,7-8,10-11,16-17H,5-6,9H2,1H3. The van der Waals surface area contributed by atoms with Gasteiger partial charge in [0.05, 0.1) is 21.8 Å². The fourth-order valence-corrected chi connectivity index (χ4v) is 4.89. The normalized spacial score (nSPS) is 21.5. The predicted octanol–water partition coefficient (Wildman–Crippen LogP) is 4.10. The van der Waals surface area contributed by atoms with E-state index in [4.69, 9.17) is 4.74 Å². The molecule has 2 aromatic rings. The fourth-order valence-electron chi connectivity index (χ4n) is 3.05. The minimum absolute atomic E-state index is 0.0965. The third-order valence-electron chi connectivity index (χ3n) is 4.45. The molecular weight excluding hydrogens is 367 g/mol. The maximum absolute atomic E-state index is 12.9. The molecule has 1 aliphatic rings. The number of aromatic nitrogens is 1. The molecule has 0 amide bonds. The monoisotopic (exact) mass is 385 g/mol. The molecule has 0 spiro atoms. The summed E-state index contributed by atoms with van der Waals surface area (Å²) < 4.78 is 70.0. The molecule has 2 heterocycles. The van der Waals surface area contributed by atoms with Crippen molar-refractivity contribution in [1.82, 2.24) is 4.98 Å². The van der Waals surface area contributed by atoms with Crippen molar-refractivity contribution in [1.29, 1.82) is 0 Å². The van der Waals surface area contributed by atoms with Gasteiger partial charge in [-0.15, -0.1) is 0 Å². The van der Waals surface area contributed by atoms with Crippen LogP contribution in [0.1, 0.15) is 35.6 Å². The lowest BCUT2D eigenvalue weighted by Crippen LogP contribution is -2.31. The van der Waals surface area contributed by atoms with E-state index in [1.54, 1.807) is 31.2 Å². The summed E-state index contributed by atoms with van der Waals surface area (Å²) in [5.74, 6) is 0. The van der Waals surface area contributed by atoms with Crippen molar-refractivity contribution in [2.75, 3.05) is 6.61 Å². The van der Waals surface area contributed by atoms with E-state index >= 15 is 0 Å². The summed E-state index contributed by atoms with van der Waals surface area (Å²) in [5.41, 5.74) is 0.197. The van der Waals surface area contributed by atoms with Crippen molar-refractivity contribution < 1.29 is 26.3 Å². The van der Waals surface area contributed by atoms with Gasteiger partial charge < -0.3 is 4.74 Å². The van der Waals surface area contributed by atoms with E-state index in [9.17, 15) is 21.6 Å². The summed E-state index contributed by atoms with van der Waals surface area (Å²) in [6.45, 7) is 1.97. The Morgan fingerprint density at radius 3 is 2.65 bits per heavy atom. The summed E-state index contributed by atoms with van der Waals surface area (Å²) in [5, 5.41) is -0.711. The van der Waals surface area contributed by atoms with E-state index in [-0.39, 0.29) is 23.5 Å². The Kier molecular flexibility index (Phi) is 5.07. The number of halogens is 3. The van der Waals surface area contributed by atoms with Gasteiger partial charge in [-0.25, -0.2) is 8.42 Å². The predicted molar refractivity (Wildman–Crippen MR) is 89.3 cm³/mol. The van der Waals surface area contributed by atoms with Crippen molar-refractivity contribution in [2.24, 2.45) is 0 Å². The summed E-state index contributed by atoms with van der Waals surface area (Å²) in [4.78, 5) is 3.86. The van der Waals surface area contributed by atoms with Gasteiger partial charge in [-0.3, -0.25) is 4.98 Å². The van der Waals surface area contributed by atoms with Crippen LogP contribution in [0, 0.1) is 6.92 Å². The van der Waals surface area contributed by atoms with E-state index in [0.717, 1.165) is 17.8 Å². The van der Waals surface area contributed by atoms with Crippen LogP contribution < -0.4 is 0 Å². The van der Waals surface area contributed by atoms with E-state index in [1.807, 2.05) is 0 Å². The first-order valence-electron chi connectivity index (χ1n) is 8.12. The number of ether oxygens (including phenoxy) is 1. The van der Waals surface area contributed by atoms with Crippen LogP contribution in [0.15, 0.2) is 47.6 Å². The van der Waals surface area contributed by atoms with Crippen LogP contribution in [-0.4, -0.2) is 25.3 Å². The molecule has 4 nitrogen and oxygen atoms in total. The molecule has 8 heteroatoms. The van der Waals surface area contributed by atoms with Gasteiger partial charge in [-0.05, 0) is 49.1 Å². The highest BCUT2D eigenvalue weighted by molar-refractivity contribution is 7.92. The fraction of sp³-hybridized carbons (Fsp3) is 0.389. The van der Waals surface area contributed by atoms with Crippen molar-refractivity contribution in [3.8, 4) is 0 Å². The molecular formula is C18H18F3NO3S. The van der Waals surface area contributed by atoms with Crippen LogP contribution in [0.2, 0.25) is 0 Å². The molecule has 0 bridgehead atoms. The van der Waals surface area contributed by atoms with Crippen LogP contribution in [-0.2, 0) is 20.8 Å². The lowest BCUT2D eigenvalue weighted by atomic mass is 10.0. The molecule has 2 atom stereocenters. The van der Waals surface area contributed by atoms with Gasteiger partial charge >= 0.3 is 6.18 Å². The summed E-state index contributed by atoms with van der Waals surface area (Å²) in [6.07, 6.45) is -2.80. The number of hydrogen-bond acceptors (Lipinski definition) is 4. The van der Waals surface area contributed by atoms with Gasteiger partial charge in [0.1, 0.15) is 0 Å². The zero-order valence-electron chi connectivity index (χ0n) is 14.0. The van der Waals surface area contributed by atoms with Crippen molar-refractivity contribution in [3.63, 3.8) is 0 Å². The van der Waals surface area contributed by atoms with Crippen LogP contribution in [0.25, 0.3) is 0 Å². The highest BCUT2D eigenvalue weighted by atomic mass is 32.2. The Morgan fingerprint density at radius 2 is 1.96 bits per heavy atom. The molecule has 1 aromatic carbocycles. The highest BCUT2D eigenvalue weighted by Gasteiger charge is 2.36. The highest BCUT2D eigenvalue weighted by Crippen LogP contribution is 2.36. The molecule has 3 rings (SSSR count). The number of pyridine rings is 1. The molecule has 26 heavy (non-hydrogen) atoms. The minimum atomic E-state index is -4.51. The van der Waals surface area contributed by atoms with Gasteiger partial charge in [0.2, 0.25) is 0 Å². The number of hydrogen-bond donors (Lipinski definition) is 0. The molecule has 0 N–H and O–H groups in total. The van der Waals surface area contributed by atoms with Gasteiger partial charge in [0, 0.05) is 19.0 Å². The first kappa shape index (κ1) is 18.8. The summed E-state index contributed by atoms with van der Waals surface area (Å²) in [6, 6.07) is 7.60. The van der Waals surface area contributed by atoms with E-state index < -0.39 is 32.9 Å². The van der Waals surface area contributed by atoms with Crippen molar-refractivity contribution in [3.05, 3.63) is 59.4 Å². The molecule has 1 fully saturated rings. The Bertz CT molecular complexity index is 897. The maximum Gasteiger partial charge on any atom is 0.417 e. The quantitative estimate of drug-likeness (QED) is 0.798. The van der Waals surface area contributed by atoms with E-state index in [1.165, 1.54) is 6.20 Å². The Morgan fingerprint density at radius 1 is 1.19 bits per heavy atom. The smallest absolute Gasteiger partial charge is 0.373 e. The molecule has 2 unspecified atom stereocenters. The largest absolute Gasteiger partial charge is 0.417 e. The van der Waals surface area contributed by atoms with Gasteiger partial charge in [-0.1, -0.05) is 12.1 Å². The Balaban J connectivity index is 1.86. The zero-order valence-corrected chi connectivity index (χ0v) is 14.8. The van der Waals surface area contributed by atoms with Gasteiger partial charge in [0.25, 0.3) is 0 Å². The SMILES string of the molecule is Cc1cccc(S(=O)(=O)C2CCOC(c3cncc(C(F)(F)F)c3)C2)c1. The molecule has 0 saturated carbocycles. The second kappa shape index (κ2) is 7.00. The molecule has 1 aromatic heterocycles. The third-order valence-corrected chi connectivity index (χ3v) is 6.67. The first-order valence-corrected chi connectivity index (χ1v) is 9.67. The summed E-state index contributed by atoms with van der Waals surface area (Å²) >= 11 is 0. The maximum atomic E-state index is 12.9. The van der Waals surface area contributed by atoms with Crippen molar-refractivity contribution >= 4 is 9.84 Å².